The van der Waals surface area contributed by atoms with E-state index in [1.165, 1.54) is 0 Å². The summed E-state index contributed by atoms with van der Waals surface area (Å²) < 4.78 is 0. The molecule has 0 spiro atoms. The highest BCUT2D eigenvalue weighted by Crippen LogP contribution is 1.92. The lowest BCUT2D eigenvalue weighted by atomic mass is 10.3. The van der Waals surface area contributed by atoms with Crippen LogP contribution in [0.2, 0.25) is 0 Å². The van der Waals surface area contributed by atoms with Crippen molar-refractivity contribution in [1.82, 2.24) is 5.32 Å². The van der Waals surface area contributed by atoms with Crippen molar-refractivity contribution in [2.24, 2.45) is 0 Å². The number of rotatable bonds is 7. The second-order valence-corrected chi connectivity index (χ2v) is 2.65. The van der Waals surface area contributed by atoms with Gasteiger partial charge < -0.3 is 15.3 Å². The molecule has 1 unspecified atom stereocenters. The maximum Gasteiger partial charge on any atom is 0.294 e. The lowest BCUT2D eigenvalue weighted by Crippen LogP contribution is -2.33. The van der Waals surface area contributed by atoms with Gasteiger partial charge in [-0.15, -0.1) is 10.1 Å². The molecular weight excluding hydrogens is 192 g/mol. The second-order valence-electron chi connectivity index (χ2n) is 2.65. The number of carbonyl (C=O) groups is 1. The molecule has 1 atom stereocenters. The summed E-state index contributed by atoms with van der Waals surface area (Å²) in [6.45, 7) is 1.61. The van der Waals surface area contributed by atoms with Gasteiger partial charge in [0.05, 0.1) is 6.61 Å². The Morgan fingerprint density at radius 1 is 1.71 bits per heavy atom. The van der Waals surface area contributed by atoms with Gasteiger partial charge in [-0.3, -0.25) is 4.79 Å². The molecule has 0 bridgehead atoms. The van der Waals surface area contributed by atoms with E-state index in [0.29, 0.717) is 6.42 Å². The third-order valence-corrected chi connectivity index (χ3v) is 1.46. The number of nitrogens with zero attached hydrogens (tertiary/aromatic N) is 1. The summed E-state index contributed by atoms with van der Waals surface area (Å²) in [5.74, 6) is -0.341. The fourth-order valence-electron chi connectivity index (χ4n) is 0.732. The maximum absolute atomic E-state index is 11.0. The zero-order valence-electron chi connectivity index (χ0n) is 7.93. The topological polar surface area (TPSA) is 102 Å². The van der Waals surface area contributed by atoms with E-state index < -0.39 is 11.3 Å². The number of aliphatic hydroxyl groups excluding tert-OH is 1. The van der Waals surface area contributed by atoms with E-state index >= 15 is 0 Å². The zero-order valence-corrected chi connectivity index (χ0v) is 7.93. The smallest absolute Gasteiger partial charge is 0.294 e. The van der Waals surface area contributed by atoms with E-state index in [1.54, 1.807) is 6.92 Å². The molecule has 82 valence electrons. The molecule has 0 aromatic rings. The highest BCUT2D eigenvalue weighted by Gasteiger charge is 2.06. The zero-order chi connectivity index (χ0) is 11.0. The molecule has 0 aliphatic heterocycles. The summed E-state index contributed by atoms with van der Waals surface area (Å²) in [5, 5.41) is 20.1. The average Bonchev–Trinajstić information content (AvgIpc) is 2.12. The molecule has 2 N–H and O–H groups in total. The van der Waals surface area contributed by atoms with Crippen LogP contribution in [-0.4, -0.2) is 28.9 Å². The van der Waals surface area contributed by atoms with Gasteiger partial charge in [-0.1, -0.05) is 6.92 Å². The third-order valence-electron chi connectivity index (χ3n) is 1.46. The standard InChI is InChI=1S/C7H14N2O5/c1-2-6(10)8-7(11)4-3-5-14-9(12)13/h6,10H,2-5H2,1H3,(H,8,11). The molecule has 0 aliphatic carbocycles. The predicted octanol–water partition coefficient (Wildman–Crippen LogP) is -0.180. The molecule has 0 aliphatic rings. The number of carbonyl (C=O) groups excluding carboxylic acids is 1. The van der Waals surface area contributed by atoms with Crippen molar-refractivity contribution in [2.75, 3.05) is 6.61 Å². The summed E-state index contributed by atoms with van der Waals surface area (Å²) in [7, 11) is 0. The van der Waals surface area contributed by atoms with Gasteiger partial charge in [0.15, 0.2) is 0 Å². The molecule has 7 nitrogen and oxygen atoms in total. The van der Waals surface area contributed by atoms with Crippen LogP contribution in [0.1, 0.15) is 26.2 Å². The minimum atomic E-state index is -0.904. The molecule has 0 saturated carbocycles. The molecule has 0 saturated heterocycles. The summed E-state index contributed by atoms with van der Waals surface area (Å²) in [5.41, 5.74) is 0. The van der Waals surface area contributed by atoms with Crippen LogP contribution >= 0.6 is 0 Å². The fraction of sp³-hybridized carbons (Fsp3) is 0.857. The number of hydrogen-bond acceptors (Lipinski definition) is 5. The van der Waals surface area contributed by atoms with Crippen molar-refractivity contribution in [3.05, 3.63) is 10.1 Å². The largest absolute Gasteiger partial charge is 0.374 e. The Labute approximate surface area is 81.2 Å². The van der Waals surface area contributed by atoms with E-state index in [9.17, 15) is 14.9 Å². The van der Waals surface area contributed by atoms with Gasteiger partial charge in [0.1, 0.15) is 6.23 Å². The Morgan fingerprint density at radius 2 is 2.36 bits per heavy atom. The first-order valence-electron chi connectivity index (χ1n) is 4.31. The number of nitrogens with one attached hydrogen (secondary N) is 1. The molecular formula is C7H14N2O5. The molecule has 14 heavy (non-hydrogen) atoms. The Hall–Kier alpha value is -1.37. The van der Waals surface area contributed by atoms with Gasteiger partial charge in [-0.25, -0.2) is 0 Å². The van der Waals surface area contributed by atoms with Crippen molar-refractivity contribution < 1.29 is 19.8 Å². The molecule has 0 aromatic carbocycles. The molecule has 0 rings (SSSR count). The van der Waals surface area contributed by atoms with Gasteiger partial charge in [0, 0.05) is 6.42 Å². The van der Waals surface area contributed by atoms with Crippen LogP contribution in [0.3, 0.4) is 0 Å². The van der Waals surface area contributed by atoms with Crippen LogP contribution in [0, 0.1) is 10.1 Å². The van der Waals surface area contributed by atoms with E-state index in [-0.39, 0.29) is 25.4 Å². The van der Waals surface area contributed by atoms with Gasteiger partial charge >= 0.3 is 0 Å². The summed E-state index contributed by atoms with van der Waals surface area (Å²) in [6, 6.07) is 0. The third kappa shape index (κ3) is 7.29. The minimum absolute atomic E-state index is 0.102. The van der Waals surface area contributed by atoms with Gasteiger partial charge in [-0.05, 0) is 12.8 Å². The van der Waals surface area contributed by atoms with Crippen LogP contribution in [0.15, 0.2) is 0 Å². The van der Waals surface area contributed by atoms with Crippen LogP contribution in [0.25, 0.3) is 0 Å². The van der Waals surface area contributed by atoms with Gasteiger partial charge in [0.25, 0.3) is 5.09 Å². The van der Waals surface area contributed by atoms with E-state index in [2.05, 4.69) is 10.2 Å². The van der Waals surface area contributed by atoms with Crippen molar-refractivity contribution in [3.63, 3.8) is 0 Å². The monoisotopic (exact) mass is 206 g/mol. The van der Waals surface area contributed by atoms with Gasteiger partial charge in [0.2, 0.25) is 5.91 Å². The summed E-state index contributed by atoms with van der Waals surface area (Å²) in [4.78, 5) is 24.7. The second kappa shape index (κ2) is 7.07. The normalized spacial score (nSPS) is 11.9. The first-order valence-corrected chi connectivity index (χ1v) is 4.31. The molecule has 1 amide bonds. The van der Waals surface area contributed by atoms with Crippen molar-refractivity contribution in [1.29, 1.82) is 0 Å². The SMILES string of the molecule is CCC(O)NC(=O)CCCO[N+](=O)[O-]. The van der Waals surface area contributed by atoms with Crippen molar-refractivity contribution >= 4 is 5.91 Å². The van der Waals surface area contributed by atoms with Crippen LogP contribution in [0.4, 0.5) is 0 Å². The Balaban J connectivity index is 3.40. The minimum Gasteiger partial charge on any atom is -0.374 e. The van der Waals surface area contributed by atoms with Crippen molar-refractivity contribution in [3.8, 4) is 0 Å². The Kier molecular flexibility index (Phi) is 6.38. The predicted molar refractivity (Wildman–Crippen MR) is 46.6 cm³/mol. The summed E-state index contributed by atoms with van der Waals surface area (Å²) >= 11 is 0. The van der Waals surface area contributed by atoms with Crippen molar-refractivity contribution in [2.45, 2.75) is 32.4 Å². The highest BCUT2D eigenvalue weighted by molar-refractivity contribution is 5.75. The molecule has 7 heteroatoms. The molecule has 0 aromatic heterocycles. The van der Waals surface area contributed by atoms with E-state index in [1.807, 2.05) is 0 Å². The number of hydrogen-bond donors (Lipinski definition) is 2. The Morgan fingerprint density at radius 3 is 2.86 bits per heavy atom. The van der Waals surface area contributed by atoms with Crippen LogP contribution in [0.5, 0.6) is 0 Å². The lowest BCUT2D eigenvalue weighted by Gasteiger charge is -2.09. The fourth-order valence-corrected chi connectivity index (χ4v) is 0.732. The van der Waals surface area contributed by atoms with E-state index in [0.717, 1.165) is 0 Å². The first kappa shape index (κ1) is 12.6. The number of aliphatic hydroxyl groups is 1. The van der Waals surface area contributed by atoms with Gasteiger partial charge in [-0.2, -0.15) is 0 Å². The molecule has 0 heterocycles. The van der Waals surface area contributed by atoms with Crippen LogP contribution in [-0.2, 0) is 9.63 Å². The molecule has 0 radical (unpaired) electrons. The van der Waals surface area contributed by atoms with Crippen LogP contribution < -0.4 is 5.32 Å². The maximum atomic E-state index is 11.0. The molecule has 0 fully saturated rings. The highest BCUT2D eigenvalue weighted by atomic mass is 16.9. The number of amides is 1. The quantitative estimate of drug-likeness (QED) is 0.260. The lowest BCUT2D eigenvalue weighted by molar-refractivity contribution is -0.757. The average molecular weight is 206 g/mol. The first-order chi connectivity index (χ1) is 6.56. The van der Waals surface area contributed by atoms with E-state index in [4.69, 9.17) is 5.11 Å². The Bertz CT molecular complexity index is 197. The summed E-state index contributed by atoms with van der Waals surface area (Å²) in [6.07, 6.45) is -0.0652.